The van der Waals surface area contributed by atoms with Gasteiger partial charge in [0.2, 0.25) is 10.0 Å². The predicted octanol–water partition coefficient (Wildman–Crippen LogP) is 5.89. The number of nitrogens with zero attached hydrogens (tertiary/aromatic N) is 5. The van der Waals surface area contributed by atoms with Gasteiger partial charge in [-0.3, -0.25) is 4.72 Å². The van der Waals surface area contributed by atoms with E-state index in [2.05, 4.69) is 14.9 Å². The molecule has 4 aromatic rings. The number of hydrogen-bond donors (Lipinski definition) is 2. The Kier molecular flexibility index (Phi) is 9.73. The van der Waals surface area contributed by atoms with Crippen molar-refractivity contribution in [1.29, 1.82) is 0 Å². The molecule has 2 fully saturated rings. The molecule has 0 atom stereocenters. The van der Waals surface area contributed by atoms with Crippen molar-refractivity contribution < 1.29 is 31.5 Å². The van der Waals surface area contributed by atoms with Gasteiger partial charge in [0.25, 0.3) is 0 Å². The van der Waals surface area contributed by atoms with Crippen molar-refractivity contribution in [2.75, 3.05) is 78.6 Å². The summed E-state index contributed by atoms with van der Waals surface area (Å²) in [5, 5.41) is 3.59. The van der Waals surface area contributed by atoms with Gasteiger partial charge in [-0.25, -0.2) is 32.0 Å². The van der Waals surface area contributed by atoms with E-state index in [1.807, 2.05) is 44.7 Å². The van der Waals surface area contributed by atoms with Crippen LogP contribution in [0.3, 0.4) is 0 Å². The van der Waals surface area contributed by atoms with Gasteiger partial charge in [-0.2, -0.15) is 0 Å². The lowest BCUT2D eigenvalue weighted by Gasteiger charge is -2.37. The van der Waals surface area contributed by atoms with Gasteiger partial charge >= 0.3 is 6.09 Å². The van der Waals surface area contributed by atoms with Crippen LogP contribution in [0.5, 0.6) is 0 Å². The minimum atomic E-state index is -3.54. The fourth-order valence-electron chi connectivity index (χ4n) is 6.13. The Morgan fingerprint density at radius 3 is 2.38 bits per heavy atom. The van der Waals surface area contributed by atoms with Gasteiger partial charge in [-0.1, -0.05) is 12.1 Å². The van der Waals surface area contributed by atoms with Crippen molar-refractivity contribution in [3.63, 3.8) is 0 Å². The highest BCUT2D eigenvalue weighted by Crippen LogP contribution is 2.40. The van der Waals surface area contributed by atoms with Crippen LogP contribution < -0.4 is 19.8 Å². The number of pyridine rings is 2. The summed E-state index contributed by atoms with van der Waals surface area (Å²) >= 11 is 0. The summed E-state index contributed by atoms with van der Waals surface area (Å²) in [7, 11) is -3.54. The molecule has 0 bridgehead atoms. The summed E-state index contributed by atoms with van der Waals surface area (Å²) in [6, 6.07) is 10.8. The Balaban J connectivity index is 1.43. The lowest BCUT2D eigenvalue weighted by Crippen LogP contribution is -2.50. The first-order valence-electron chi connectivity index (χ1n) is 16.4. The normalized spacial score (nSPS) is 15.7. The number of morpholine rings is 1. The van der Waals surface area contributed by atoms with Gasteiger partial charge in [0, 0.05) is 80.5 Å². The zero-order chi connectivity index (χ0) is 35.8. The van der Waals surface area contributed by atoms with Gasteiger partial charge < -0.3 is 29.5 Å². The third-order valence-electron chi connectivity index (χ3n) is 8.41. The second kappa shape index (κ2) is 13.9. The second-order valence-corrected chi connectivity index (χ2v) is 15.2. The molecule has 2 aliphatic heterocycles. The summed E-state index contributed by atoms with van der Waals surface area (Å²) in [5.74, 6) is -0.335. The Labute approximate surface area is 290 Å². The van der Waals surface area contributed by atoms with E-state index >= 15 is 4.39 Å². The molecular weight excluding hydrogens is 668 g/mol. The third kappa shape index (κ3) is 7.99. The summed E-state index contributed by atoms with van der Waals surface area (Å²) in [6.45, 7) is 11.2. The molecule has 2 aliphatic rings. The number of amides is 1. The van der Waals surface area contributed by atoms with Crippen LogP contribution in [-0.2, 0) is 19.5 Å². The monoisotopic (exact) mass is 709 g/mol. The SMILES string of the molecule is Cc1c(N2CCN(C(=O)OC(C)(C)C)CC2)nc2cc(F)cc(F)c2c1Nc1cc(N2CCOCC2)ncc1-c1cccc(NS(C)(=O)=O)c1. The van der Waals surface area contributed by atoms with Gasteiger partial charge in [-0.05, 0) is 45.4 Å². The van der Waals surface area contributed by atoms with Crippen molar-refractivity contribution in [1.82, 2.24) is 14.9 Å². The molecule has 2 aromatic heterocycles. The number of aromatic nitrogens is 2. The average molecular weight is 710 g/mol. The molecule has 50 heavy (non-hydrogen) atoms. The lowest BCUT2D eigenvalue weighted by molar-refractivity contribution is 0.0240. The van der Waals surface area contributed by atoms with Gasteiger partial charge in [-0.15, -0.1) is 0 Å². The largest absolute Gasteiger partial charge is 0.444 e. The van der Waals surface area contributed by atoms with E-state index < -0.39 is 33.4 Å². The Morgan fingerprint density at radius 1 is 0.980 bits per heavy atom. The maximum Gasteiger partial charge on any atom is 0.410 e. The van der Waals surface area contributed by atoms with E-state index in [-0.39, 0.29) is 10.9 Å². The molecule has 4 heterocycles. The number of halogens is 2. The smallest absolute Gasteiger partial charge is 0.410 e. The molecule has 2 N–H and O–H groups in total. The number of carbonyl (C=O) groups excluding carboxylic acids is 1. The van der Waals surface area contributed by atoms with Crippen molar-refractivity contribution in [2.45, 2.75) is 33.3 Å². The minimum Gasteiger partial charge on any atom is -0.444 e. The predicted molar refractivity (Wildman–Crippen MR) is 191 cm³/mol. The van der Waals surface area contributed by atoms with E-state index in [0.717, 1.165) is 12.3 Å². The fourth-order valence-corrected chi connectivity index (χ4v) is 6.68. The molecule has 6 rings (SSSR count). The standard InChI is InChI=1S/C35H41F2N7O5S/c1-22-32(31-27(37)18-24(36)19-29(31)40-33(22)43-9-11-44(12-10-43)34(45)49-35(2,3)4)39-28-20-30(42-13-15-48-16-14-42)38-21-26(28)23-7-6-8-25(17-23)41-50(5,46)47/h6-8,17-21,41H,9-16H2,1-5H3,(H,38,39,40). The average Bonchev–Trinajstić information content (AvgIpc) is 3.05. The number of carbonyl (C=O) groups is 1. The number of rotatable bonds is 7. The topological polar surface area (TPSA) is 129 Å². The van der Waals surface area contributed by atoms with E-state index in [4.69, 9.17) is 19.4 Å². The first kappa shape index (κ1) is 35.1. The van der Waals surface area contributed by atoms with E-state index in [1.54, 1.807) is 29.3 Å². The molecule has 2 saturated heterocycles. The third-order valence-corrected chi connectivity index (χ3v) is 9.02. The van der Waals surface area contributed by atoms with Crippen LogP contribution >= 0.6 is 0 Å². The molecule has 0 aliphatic carbocycles. The molecule has 0 unspecified atom stereocenters. The summed E-state index contributed by atoms with van der Waals surface area (Å²) in [6.07, 6.45) is 2.37. The van der Waals surface area contributed by atoms with Crippen LogP contribution in [0.1, 0.15) is 26.3 Å². The molecule has 0 spiro atoms. The quantitative estimate of drug-likeness (QED) is 0.240. The molecule has 1 amide bonds. The van der Waals surface area contributed by atoms with E-state index in [9.17, 15) is 17.6 Å². The van der Waals surface area contributed by atoms with Crippen LogP contribution in [0.15, 0.2) is 48.7 Å². The van der Waals surface area contributed by atoms with Crippen molar-refractivity contribution in [3.05, 3.63) is 65.9 Å². The highest BCUT2D eigenvalue weighted by molar-refractivity contribution is 7.92. The second-order valence-electron chi connectivity index (χ2n) is 13.4. The molecule has 0 saturated carbocycles. The van der Waals surface area contributed by atoms with E-state index in [1.165, 1.54) is 6.07 Å². The van der Waals surface area contributed by atoms with Crippen LogP contribution in [0.25, 0.3) is 22.0 Å². The Morgan fingerprint density at radius 2 is 1.70 bits per heavy atom. The maximum atomic E-state index is 15.8. The van der Waals surface area contributed by atoms with Gasteiger partial charge in [0.05, 0.1) is 41.7 Å². The lowest BCUT2D eigenvalue weighted by atomic mass is 10.0. The summed E-state index contributed by atoms with van der Waals surface area (Å²) < 4.78 is 68.0. The fraction of sp³-hybridized carbons (Fsp3) is 0.400. The van der Waals surface area contributed by atoms with Crippen LogP contribution in [0.4, 0.5) is 42.3 Å². The molecule has 266 valence electrons. The van der Waals surface area contributed by atoms with E-state index in [0.29, 0.717) is 97.9 Å². The Bertz CT molecular complexity index is 2030. The molecule has 12 nitrogen and oxygen atoms in total. The highest BCUT2D eigenvalue weighted by Gasteiger charge is 2.29. The van der Waals surface area contributed by atoms with Crippen molar-refractivity contribution in [2.24, 2.45) is 0 Å². The van der Waals surface area contributed by atoms with Gasteiger partial charge in [0.1, 0.15) is 28.9 Å². The van der Waals surface area contributed by atoms with Gasteiger partial charge in [0.15, 0.2) is 0 Å². The minimum absolute atomic E-state index is 0.114. The number of ether oxygens (including phenoxy) is 2. The summed E-state index contributed by atoms with van der Waals surface area (Å²) in [5.41, 5.74) is 2.73. The maximum absolute atomic E-state index is 15.8. The van der Waals surface area contributed by atoms with Crippen molar-refractivity contribution in [3.8, 4) is 11.1 Å². The molecule has 2 aromatic carbocycles. The van der Waals surface area contributed by atoms with Crippen LogP contribution in [0, 0.1) is 18.6 Å². The molecule has 0 radical (unpaired) electrons. The first-order chi connectivity index (χ1) is 23.6. The number of anilines is 5. The zero-order valence-corrected chi connectivity index (χ0v) is 29.5. The van der Waals surface area contributed by atoms with Crippen LogP contribution in [0.2, 0.25) is 0 Å². The number of piperazine rings is 1. The molecular formula is C35H41F2N7O5S. The Hall–Kier alpha value is -4.76. The number of benzene rings is 2. The van der Waals surface area contributed by atoms with Crippen molar-refractivity contribution >= 4 is 55.7 Å². The zero-order valence-electron chi connectivity index (χ0n) is 28.7. The summed E-state index contributed by atoms with van der Waals surface area (Å²) in [4.78, 5) is 27.9. The molecule has 15 heteroatoms. The first-order valence-corrected chi connectivity index (χ1v) is 18.2. The number of fused-ring (bicyclic) bond motifs is 1. The number of nitrogens with one attached hydrogen (secondary N) is 2. The number of hydrogen-bond acceptors (Lipinski definition) is 10. The highest BCUT2D eigenvalue weighted by atomic mass is 32.2. The van der Waals surface area contributed by atoms with Crippen LogP contribution in [-0.4, -0.2) is 93.7 Å². The number of sulfonamides is 1.